The maximum absolute atomic E-state index is 8.10. The Labute approximate surface area is 139 Å². The first-order chi connectivity index (χ1) is 11.8. The van der Waals surface area contributed by atoms with Crippen LogP contribution in [0.4, 0.5) is 0 Å². The van der Waals surface area contributed by atoms with Gasteiger partial charge in [0.1, 0.15) is 17.2 Å². The number of fused-ring (bicyclic) bond motifs is 1. The summed E-state index contributed by atoms with van der Waals surface area (Å²) in [6, 6.07) is 19.9. The Kier molecular flexibility index (Phi) is 3.55. The Morgan fingerprint density at radius 3 is 1.92 bits per heavy atom. The summed E-state index contributed by atoms with van der Waals surface area (Å²) in [5.74, 6) is 0.237. The van der Waals surface area contributed by atoms with E-state index in [4.69, 9.17) is 20.1 Å². The highest BCUT2D eigenvalue weighted by Crippen LogP contribution is 2.33. The number of nitrogens with zero attached hydrogens (tertiary/aromatic N) is 2. The number of rotatable bonds is 3. The molecule has 4 rings (SSSR count). The molecule has 0 radical (unpaired) electrons. The number of nitrogens with one attached hydrogen (secondary N) is 2. The van der Waals surface area contributed by atoms with Gasteiger partial charge < -0.3 is 10.1 Å². The molecule has 0 amide bonds. The normalized spacial score (nSPS) is 15.9. The second-order valence-corrected chi connectivity index (χ2v) is 5.52. The van der Waals surface area contributed by atoms with Gasteiger partial charge in [0.25, 0.3) is 0 Å². The van der Waals surface area contributed by atoms with Crippen LogP contribution in [0.2, 0.25) is 0 Å². The summed E-state index contributed by atoms with van der Waals surface area (Å²) < 4.78 is 5.39. The minimum atomic E-state index is -0.438. The molecule has 0 fully saturated rings. The van der Waals surface area contributed by atoms with Crippen LogP contribution in [0.15, 0.2) is 60.7 Å². The fourth-order valence-corrected chi connectivity index (χ4v) is 2.85. The van der Waals surface area contributed by atoms with E-state index in [1.54, 1.807) is 7.11 Å². The third-order valence-electron chi connectivity index (χ3n) is 4.01. The molecular weight excluding hydrogens is 300 g/mol. The highest BCUT2D eigenvalue weighted by atomic mass is 16.5. The number of hydrogen-bond acceptors (Lipinski definition) is 4. The van der Waals surface area contributed by atoms with Crippen LogP contribution in [0.25, 0.3) is 22.5 Å². The van der Waals surface area contributed by atoms with Crippen LogP contribution in [0.5, 0.6) is 0 Å². The molecule has 0 spiro atoms. The van der Waals surface area contributed by atoms with Crippen molar-refractivity contribution in [1.82, 2.24) is 15.3 Å². The number of amidine groups is 1. The van der Waals surface area contributed by atoms with Crippen molar-refractivity contribution in [3.63, 3.8) is 0 Å². The molecule has 1 atom stereocenters. The van der Waals surface area contributed by atoms with Crippen molar-refractivity contribution in [3.05, 3.63) is 72.1 Å². The van der Waals surface area contributed by atoms with Crippen LogP contribution in [0.1, 0.15) is 17.6 Å². The Balaban J connectivity index is 1.99. The monoisotopic (exact) mass is 316 g/mol. The third-order valence-corrected chi connectivity index (χ3v) is 4.01. The van der Waals surface area contributed by atoms with Crippen LogP contribution in [0, 0.1) is 5.41 Å². The van der Waals surface area contributed by atoms with Gasteiger partial charge in [0.2, 0.25) is 0 Å². The van der Waals surface area contributed by atoms with Crippen LogP contribution in [-0.2, 0) is 4.74 Å². The molecule has 3 aromatic rings. The summed E-state index contributed by atoms with van der Waals surface area (Å²) >= 11 is 0. The summed E-state index contributed by atoms with van der Waals surface area (Å²) in [5, 5.41) is 11.1. The van der Waals surface area contributed by atoms with E-state index < -0.39 is 6.23 Å². The number of methoxy groups -OCH3 is 1. The maximum Gasteiger partial charge on any atom is 0.174 e. The summed E-state index contributed by atoms with van der Waals surface area (Å²) in [6.45, 7) is 0. The first kappa shape index (κ1) is 14.5. The van der Waals surface area contributed by atoms with E-state index in [9.17, 15) is 0 Å². The first-order valence-corrected chi connectivity index (χ1v) is 7.69. The lowest BCUT2D eigenvalue weighted by Gasteiger charge is -2.13. The summed E-state index contributed by atoms with van der Waals surface area (Å²) in [4.78, 5) is 9.56. The van der Waals surface area contributed by atoms with E-state index in [1.165, 1.54) is 0 Å². The van der Waals surface area contributed by atoms with E-state index >= 15 is 0 Å². The van der Waals surface area contributed by atoms with Crippen molar-refractivity contribution in [2.24, 2.45) is 0 Å². The number of benzene rings is 2. The van der Waals surface area contributed by atoms with Crippen molar-refractivity contribution >= 4 is 5.84 Å². The van der Waals surface area contributed by atoms with Gasteiger partial charge in [-0.25, -0.2) is 9.97 Å². The third kappa shape index (κ3) is 2.35. The largest absolute Gasteiger partial charge is 0.356 e. The van der Waals surface area contributed by atoms with Gasteiger partial charge in [-0.1, -0.05) is 60.7 Å². The second kappa shape index (κ2) is 5.86. The Morgan fingerprint density at radius 2 is 1.38 bits per heavy atom. The molecule has 2 aromatic carbocycles. The van der Waals surface area contributed by atoms with Gasteiger partial charge in [-0.2, -0.15) is 0 Å². The standard InChI is InChI=1S/C19H16N4O/c1-24-19-17-16(18(20)23-19)21-14(12-8-4-2-5-9-12)15(22-17)13-10-6-3-7-11-13/h2-11,19H,1H3,(H2,20,23). The predicted octanol–water partition coefficient (Wildman–Crippen LogP) is 3.38. The molecule has 0 saturated carbocycles. The van der Waals surface area contributed by atoms with Gasteiger partial charge in [0, 0.05) is 18.2 Å². The number of aromatic nitrogens is 2. The van der Waals surface area contributed by atoms with Crippen molar-refractivity contribution in [2.75, 3.05) is 7.11 Å². The Hall–Kier alpha value is -3.05. The fraction of sp³-hybridized carbons (Fsp3) is 0.105. The Morgan fingerprint density at radius 1 is 0.833 bits per heavy atom. The quantitative estimate of drug-likeness (QED) is 0.777. The van der Waals surface area contributed by atoms with Crippen molar-refractivity contribution in [3.8, 4) is 22.5 Å². The lowest BCUT2D eigenvalue weighted by atomic mass is 10.0. The molecule has 1 unspecified atom stereocenters. The molecule has 118 valence electrons. The minimum absolute atomic E-state index is 0.237. The Bertz CT molecular complexity index is 894. The molecule has 0 saturated heterocycles. The molecular formula is C19H16N4O. The number of ether oxygens (including phenoxy) is 1. The summed E-state index contributed by atoms with van der Waals surface area (Å²) in [7, 11) is 1.59. The molecule has 1 aliphatic heterocycles. The van der Waals surface area contributed by atoms with Crippen molar-refractivity contribution in [2.45, 2.75) is 6.23 Å². The topological polar surface area (TPSA) is 70.9 Å². The van der Waals surface area contributed by atoms with Gasteiger partial charge >= 0.3 is 0 Å². The van der Waals surface area contributed by atoms with Crippen LogP contribution >= 0.6 is 0 Å². The van der Waals surface area contributed by atoms with E-state index in [-0.39, 0.29) is 5.84 Å². The minimum Gasteiger partial charge on any atom is -0.356 e. The van der Waals surface area contributed by atoms with E-state index in [1.807, 2.05) is 60.7 Å². The molecule has 0 aliphatic carbocycles. The van der Waals surface area contributed by atoms with Crippen LogP contribution < -0.4 is 5.32 Å². The highest BCUT2D eigenvalue weighted by molar-refractivity contribution is 5.99. The predicted molar refractivity (Wildman–Crippen MR) is 92.6 cm³/mol. The molecule has 24 heavy (non-hydrogen) atoms. The molecule has 2 heterocycles. The smallest absolute Gasteiger partial charge is 0.174 e. The van der Waals surface area contributed by atoms with Gasteiger partial charge in [0.05, 0.1) is 11.4 Å². The SMILES string of the molecule is COC1NC(=N)c2nc(-c3ccccc3)c(-c3ccccc3)nc21. The molecule has 0 bridgehead atoms. The summed E-state index contributed by atoms with van der Waals surface area (Å²) in [6.07, 6.45) is -0.438. The van der Waals surface area contributed by atoms with Crippen molar-refractivity contribution < 1.29 is 4.74 Å². The second-order valence-electron chi connectivity index (χ2n) is 5.52. The fourth-order valence-electron chi connectivity index (χ4n) is 2.85. The first-order valence-electron chi connectivity index (χ1n) is 7.69. The van der Waals surface area contributed by atoms with Crippen LogP contribution in [-0.4, -0.2) is 22.9 Å². The van der Waals surface area contributed by atoms with Crippen molar-refractivity contribution in [1.29, 1.82) is 5.41 Å². The zero-order chi connectivity index (χ0) is 16.5. The zero-order valence-electron chi connectivity index (χ0n) is 13.2. The molecule has 1 aliphatic rings. The van der Waals surface area contributed by atoms with Crippen LogP contribution in [0.3, 0.4) is 0 Å². The van der Waals surface area contributed by atoms with Gasteiger partial charge in [0.15, 0.2) is 6.23 Å². The maximum atomic E-state index is 8.10. The summed E-state index contributed by atoms with van der Waals surface area (Å²) in [5.41, 5.74) is 4.71. The van der Waals surface area contributed by atoms with E-state index in [0.29, 0.717) is 11.4 Å². The van der Waals surface area contributed by atoms with Gasteiger partial charge in [-0.15, -0.1) is 0 Å². The molecule has 2 N–H and O–H groups in total. The number of hydrogen-bond donors (Lipinski definition) is 2. The average molecular weight is 316 g/mol. The zero-order valence-corrected chi connectivity index (χ0v) is 13.2. The lowest BCUT2D eigenvalue weighted by Crippen LogP contribution is -2.20. The molecule has 1 aromatic heterocycles. The van der Waals surface area contributed by atoms with E-state index in [0.717, 1.165) is 22.5 Å². The van der Waals surface area contributed by atoms with Gasteiger partial charge in [-0.3, -0.25) is 5.41 Å². The highest BCUT2D eigenvalue weighted by Gasteiger charge is 2.31. The molecule has 5 nitrogen and oxygen atoms in total. The van der Waals surface area contributed by atoms with E-state index in [2.05, 4.69) is 5.32 Å². The molecule has 5 heteroatoms. The lowest BCUT2D eigenvalue weighted by molar-refractivity contribution is 0.0924. The van der Waals surface area contributed by atoms with Gasteiger partial charge in [-0.05, 0) is 0 Å². The average Bonchev–Trinajstić information content (AvgIpc) is 2.97.